The Hall–Kier alpha value is -0.320. The topological polar surface area (TPSA) is 42.1 Å². The van der Waals surface area contributed by atoms with Crippen LogP contribution in [-0.4, -0.2) is 47.8 Å². The highest BCUT2D eigenvalue weighted by Gasteiger charge is 2.62. The van der Waals surface area contributed by atoms with Gasteiger partial charge in [0.15, 0.2) is 0 Å². The number of hydrogen-bond acceptors (Lipinski definition) is 4. The quantitative estimate of drug-likeness (QED) is 0.485. The number of nitrogens with zero attached hydrogens (tertiary/aromatic N) is 1. The molecule has 3 aliphatic rings. The Balaban J connectivity index is 1.71. The molecule has 0 aromatic carbocycles. The number of rotatable bonds is 1. The second kappa shape index (κ2) is 2.84. The molecular formula is C9H12ClNO3. The van der Waals surface area contributed by atoms with Gasteiger partial charge in [-0.3, -0.25) is 4.90 Å². The van der Waals surface area contributed by atoms with Crippen molar-refractivity contribution in [2.45, 2.75) is 43.2 Å². The molecule has 1 unspecified atom stereocenters. The number of likely N-dealkylation sites (N-methyl/N-ethyl adjacent to an activating group) is 1. The van der Waals surface area contributed by atoms with E-state index < -0.39 is 5.43 Å². The zero-order valence-corrected chi connectivity index (χ0v) is 8.61. The maximum atomic E-state index is 10.6. The predicted octanol–water partition coefficient (Wildman–Crippen LogP) is 0.974. The number of hydrogen-bond donors (Lipinski definition) is 0. The molecule has 78 valence electrons. The first-order valence-electron chi connectivity index (χ1n) is 4.90. The van der Waals surface area contributed by atoms with Gasteiger partial charge < -0.3 is 9.47 Å². The number of morpholine rings is 1. The third kappa shape index (κ3) is 1.17. The number of halogens is 1. The van der Waals surface area contributed by atoms with Crippen LogP contribution < -0.4 is 0 Å². The Kier molecular flexibility index (Phi) is 1.81. The van der Waals surface area contributed by atoms with Gasteiger partial charge >= 0.3 is 5.43 Å². The Morgan fingerprint density at radius 1 is 1.43 bits per heavy atom. The molecular weight excluding hydrogens is 206 g/mol. The summed E-state index contributed by atoms with van der Waals surface area (Å²) in [6, 6.07) is 0.833. The van der Waals surface area contributed by atoms with Gasteiger partial charge in [0.05, 0.1) is 0 Å². The molecule has 3 aliphatic heterocycles. The molecule has 0 N–H and O–H groups in total. The molecule has 2 bridgehead atoms. The van der Waals surface area contributed by atoms with E-state index >= 15 is 0 Å². The van der Waals surface area contributed by atoms with Crippen molar-refractivity contribution < 1.29 is 14.3 Å². The Bertz CT molecular complexity index is 267. The van der Waals surface area contributed by atoms with E-state index in [2.05, 4.69) is 11.9 Å². The standard InChI is InChI=1S/C9H12ClNO3/c1-11-5-2-4(13-9(10)12)3-6(11)8-7(5)14-8/h4-8H,2-3H2,1H3/t4?,5-,6+,7+,8-. The van der Waals surface area contributed by atoms with Gasteiger partial charge in [0.25, 0.3) is 0 Å². The van der Waals surface area contributed by atoms with Crippen molar-refractivity contribution in [3.05, 3.63) is 0 Å². The highest BCUT2D eigenvalue weighted by molar-refractivity contribution is 6.61. The predicted molar refractivity (Wildman–Crippen MR) is 49.4 cm³/mol. The average molecular weight is 218 g/mol. The van der Waals surface area contributed by atoms with E-state index in [1.807, 2.05) is 0 Å². The summed E-state index contributed by atoms with van der Waals surface area (Å²) in [5, 5.41) is 0. The highest BCUT2D eigenvalue weighted by Crippen LogP contribution is 2.47. The summed E-state index contributed by atoms with van der Waals surface area (Å²) < 4.78 is 10.6. The van der Waals surface area contributed by atoms with Crippen molar-refractivity contribution in [1.82, 2.24) is 4.90 Å². The molecule has 4 nitrogen and oxygen atoms in total. The Labute approximate surface area is 87.1 Å². The first-order valence-corrected chi connectivity index (χ1v) is 5.28. The van der Waals surface area contributed by atoms with Gasteiger partial charge in [0.1, 0.15) is 18.3 Å². The molecule has 0 saturated carbocycles. The van der Waals surface area contributed by atoms with E-state index in [1.165, 1.54) is 0 Å². The lowest BCUT2D eigenvalue weighted by molar-refractivity contribution is -0.00203. The number of carbonyl (C=O) groups excluding carboxylic acids is 1. The van der Waals surface area contributed by atoms with Gasteiger partial charge in [-0.1, -0.05) is 0 Å². The van der Waals surface area contributed by atoms with Gasteiger partial charge in [0.2, 0.25) is 0 Å². The molecule has 3 heterocycles. The molecule has 3 fully saturated rings. The fourth-order valence-electron chi connectivity index (χ4n) is 2.93. The van der Waals surface area contributed by atoms with Crippen LogP contribution in [0, 0.1) is 0 Å². The zero-order chi connectivity index (χ0) is 9.87. The van der Waals surface area contributed by atoms with Crippen LogP contribution in [0.1, 0.15) is 12.8 Å². The van der Waals surface area contributed by atoms with Crippen molar-refractivity contribution in [3.63, 3.8) is 0 Å². The van der Waals surface area contributed by atoms with Gasteiger partial charge in [-0.25, -0.2) is 4.79 Å². The van der Waals surface area contributed by atoms with E-state index in [-0.39, 0.29) is 6.10 Å². The molecule has 0 aromatic heterocycles. The van der Waals surface area contributed by atoms with Crippen LogP contribution in [0.3, 0.4) is 0 Å². The molecule has 5 atom stereocenters. The van der Waals surface area contributed by atoms with Crippen LogP contribution in [0.2, 0.25) is 0 Å². The van der Waals surface area contributed by atoms with Crippen LogP contribution in [0.5, 0.6) is 0 Å². The summed E-state index contributed by atoms with van der Waals surface area (Å²) in [7, 11) is 2.11. The van der Waals surface area contributed by atoms with Gasteiger partial charge in [-0.15, -0.1) is 0 Å². The highest BCUT2D eigenvalue weighted by atomic mass is 35.5. The van der Waals surface area contributed by atoms with Crippen molar-refractivity contribution in [1.29, 1.82) is 0 Å². The van der Waals surface area contributed by atoms with E-state index in [9.17, 15) is 4.79 Å². The maximum Gasteiger partial charge on any atom is 0.404 e. The second-order valence-electron chi connectivity index (χ2n) is 4.31. The molecule has 3 rings (SSSR count). The lowest BCUT2D eigenvalue weighted by Gasteiger charge is -2.37. The first kappa shape index (κ1) is 8.95. The minimum absolute atomic E-state index is 0.0115. The minimum Gasteiger partial charge on any atom is -0.450 e. The van der Waals surface area contributed by atoms with Crippen LogP contribution in [0.25, 0.3) is 0 Å². The number of carbonyl (C=O) groups is 1. The van der Waals surface area contributed by atoms with Crippen LogP contribution >= 0.6 is 11.6 Å². The molecule has 5 heteroatoms. The second-order valence-corrected chi connectivity index (χ2v) is 4.62. The minimum atomic E-state index is -0.687. The molecule has 14 heavy (non-hydrogen) atoms. The summed E-state index contributed by atoms with van der Waals surface area (Å²) in [4.78, 5) is 13.0. The number of fused-ring (bicyclic) bond motifs is 5. The largest absolute Gasteiger partial charge is 0.450 e. The first-order chi connectivity index (χ1) is 6.66. The van der Waals surface area contributed by atoms with E-state index in [0.29, 0.717) is 24.3 Å². The van der Waals surface area contributed by atoms with E-state index in [4.69, 9.17) is 21.1 Å². The molecule has 0 spiro atoms. The van der Waals surface area contributed by atoms with Crippen molar-refractivity contribution >= 4 is 17.0 Å². The van der Waals surface area contributed by atoms with Gasteiger partial charge in [0, 0.05) is 36.5 Å². The van der Waals surface area contributed by atoms with E-state index in [1.54, 1.807) is 0 Å². The number of ether oxygens (including phenoxy) is 2. The summed E-state index contributed by atoms with van der Waals surface area (Å²) in [6.45, 7) is 0. The monoisotopic (exact) mass is 217 g/mol. The normalized spacial score (nSPS) is 50.0. The molecule has 0 amide bonds. The fourth-order valence-corrected chi connectivity index (χ4v) is 3.05. The third-order valence-corrected chi connectivity index (χ3v) is 3.72. The summed E-state index contributed by atoms with van der Waals surface area (Å²) >= 11 is 5.20. The Morgan fingerprint density at radius 3 is 2.50 bits per heavy atom. The maximum absolute atomic E-state index is 10.6. The fraction of sp³-hybridized carbons (Fsp3) is 0.889. The summed E-state index contributed by atoms with van der Waals surface area (Å²) in [5.74, 6) is 0. The van der Waals surface area contributed by atoms with Crippen molar-refractivity contribution in [3.8, 4) is 0 Å². The van der Waals surface area contributed by atoms with Crippen molar-refractivity contribution in [2.24, 2.45) is 0 Å². The lowest BCUT2D eigenvalue weighted by atomic mass is 9.99. The van der Waals surface area contributed by atoms with E-state index in [0.717, 1.165) is 12.8 Å². The van der Waals surface area contributed by atoms with Crippen LogP contribution in [0.15, 0.2) is 0 Å². The van der Waals surface area contributed by atoms with Gasteiger partial charge in [-0.05, 0) is 7.05 Å². The Morgan fingerprint density at radius 2 is 2.00 bits per heavy atom. The lowest BCUT2D eigenvalue weighted by Crippen LogP contribution is -2.47. The third-order valence-electron chi connectivity index (χ3n) is 3.63. The summed E-state index contributed by atoms with van der Waals surface area (Å²) in [6.07, 6.45) is 2.45. The molecule has 3 saturated heterocycles. The molecule has 0 aromatic rings. The molecule has 0 aliphatic carbocycles. The van der Waals surface area contributed by atoms with Crippen LogP contribution in [0.4, 0.5) is 4.79 Å². The number of epoxide rings is 1. The zero-order valence-electron chi connectivity index (χ0n) is 7.85. The number of piperidine rings is 1. The SMILES string of the molecule is CN1[C@@H]2CC(OC(=O)Cl)C[C@H]1[C@H]1O[C@H]12. The van der Waals surface area contributed by atoms with Gasteiger partial charge in [-0.2, -0.15) is 0 Å². The van der Waals surface area contributed by atoms with Crippen LogP contribution in [-0.2, 0) is 9.47 Å². The smallest absolute Gasteiger partial charge is 0.404 e. The average Bonchev–Trinajstić information content (AvgIpc) is 2.80. The molecule has 0 radical (unpaired) electrons. The van der Waals surface area contributed by atoms with Crippen molar-refractivity contribution in [2.75, 3.05) is 7.05 Å². The summed E-state index contributed by atoms with van der Waals surface area (Å²) in [5.41, 5.74) is -0.687.